The summed E-state index contributed by atoms with van der Waals surface area (Å²) in [7, 11) is 0. The van der Waals surface area contributed by atoms with E-state index in [1.54, 1.807) is 157 Å². The largest absolute Gasteiger partial charge is 0.508 e. The molecule has 28 N–H and O–H groups in total. The minimum atomic E-state index is -2.06. The number of amides is 12. The maximum absolute atomic E-state index is 15.3. The topological polar surface area (TPSA) is 650 Å². The maximum atomic E-state index is 15.3. The molecule has 0 aliphatic rings. The van der Waals surface area contributed by atoms with Crippen LogP contribution in [0.4, 0.5) is 0 Å². The number of aromatic amines is 1. The Labute approximate surface area is 729 Å². The summed E-state index contributed by atoms with van der Waals surface area (Å²) in [4.78, 5) is 204. The first kappa shape index (κ1) is 101. The van der Waals surface area contributed by atoms with Gasteiger partial charge in [-0.3, -0.25) is 73.1 Å². The van der Waals surface area contributed by atoms with Crippen molar-refractivity contribution in [3.8, 4) is 5.75 Å². The average Bonchev–Trinajstić information content (AvgIpc) is 1.13. The van der Waals surface area contributed by atoms with Gasteiger partial charge in [-0.1, -0.05) is 169 Å². The zero-order chi connectivity index (χ0) is 92.7. The molecular weight excluding hydrogens is 1630 g/mol. The molecule has 0 spiro atoms. The number of hydrogen-bond donors (Lipinski definition) is 25. The van der Waals surface area contributed by atoms with Crippen molar-refractivity contribution in [2.45, 2.75) is 204 Å². The van der Waals surface area contributed by atoms with E-state index in [0.29, 0.717) is 33.2 Å². The molecule has 14 atom stereocenters. The van der Waals surface area contributed by atoms with Crippen molar-refractivity contribution >= 4 is 106 Å². The Bertz CT molecular complexity index is 4660. The fourth-order valence-electron chi connectivity index (χ4n) is 13.6. The van der Waals surface area contributed by atoms with Gasteiger partial charge in [-0.25, -0.2) is 4.79 Å². The number of benzene rings is 5. The number of fused-ring (bicyclic) bond motifs is 1. The van der Waals surface area contributed by atoms with E-state index < -0.39 is 205 Å². The first-order valence-corrected chi connectivity index (χ1v) is 41.6. The average molecular weight is 1750 g/mol. The van der Waals surface area contributed by atoms with Crippen LogP contribution in [0.15, 0.2) is 146 Å². The SMILES string of the molecule is CC[C@H](C)[C@H](NC(=O)[C@H](Cc1ccccc1)NC(=O)[C@H](CCCNC(=N)N)NC(=O)[C@H](CCCNC(=N)N)NC(=O)[C@H](Cc1ccc(O)cc1)NC(=O)[C@H](CC(=O)O)NC(=O)[C@H](Cc1c[nH]c2ccccc12)NC(=O)[C@H](CO)NC(=O)[C@@H](N)CO)C(=O)N[C@@H](CC(C)C)C(=O)N[C@@H](Cc1ccccc1)C(=O)N[C@@H](Cc1ccccc1)C(=O)N[C@@H](CC(C)C)C(=O)O. The standard InChI is InChI=1S/C87H120N20O19/c1-7-50(6)72(84(124)104-62(37-48(2)3)76(116)99-63(39-51-21-11-8-12-22-51)78(118)100-64(40-52-23-13-9-14-24-52)79(119)105-69(85(125)126)38-49(4)5)107-82(122)66(41-53-25-15-10-16-26-53)98-75(115)61(30-20-36-94-87(91)92)96-74(114)60(29-19-35-93-86(89)90)97-77(117)65(42-54-31-33-56(110)34-32-54)101-81(121)68(44-71(111)112)103-80(120)67(43-55-45-95-59-28-18-17-27-57(55)59)102-83(123)70(47-109)106-73(113)58(88)46-108/h8-18,21-28,31-34,45,48-50,58,60-70,72,95,108-110H,7,19-20,29-30,35-44,46-47,88H2,1-6H3,(H,96,114)(H,97,117)(H,98,115)(H,99,116)(H,100,118)(H,101,121)(H,102,123)(H,103,120)(H,104,124)(H,105,119)(H,106,113)(H,107,122)(H,111,112)(H,125,126)(H4,89,90,93)(H4,91,92,94)/t50-,58-,60-,61-,62-,63-,64-,65-,66-,67-,68-,69-,70-,72-/m0/s1. The number of para-hydroxylation sites is 1. The Hall–Kier alpha value is -13.6. The number of carboxylic acids is 2. The number of nitrogens with one attached hydrogen (secondary N) is 17. The third-order valence-corrected chi connectivity index (χ3v) is 20.5. The number of rotatable bonds is 53. The number of carbonyl (C=O) groups is 14. The van der Waals surface area contributed by atoms with Gasteiger partial charge in [0, 0.05) is 62.3 Å². The Kier molecular flexibility index (Phi) is 41.4. The molecule has 0 aliphatic heterocycles. The van der Waals surface area contributed by atoms with Crippen LogP contribution in [0.25, 0.3) is 10.9 Å². The lowest BCUT2D eigenvalue weighted by atomic mass is 9.95. The van der Waals surface area contributed by atoms with Gasteiger partial charge in [0.25, 0.3) is 0 Å². The van der Waals surface area contributed by atoms with Crippen LogP contribution in [-0.2, 0) is 99.2 Å². The molecule has 1 aromatic heterocycles. The number of carbonyl (C=O) groups excluding carboxylic acids is 12. The van der Waals surface area contributed by atoms with Gasteiger partial charge in [0.15, 0.2) is 11.9 Å². The number of guanidine groups is 2. The smallest absolute Gasteiger partial charge is 0.326 e. The molecule has 0 saturated carbocycles. The van der Waals surface area contributed by atoms with Gasteiger partial charge in [0.05, 0.1) is 19.6 Å². The van der Waals surface area contributed by atoms with E-state index in [4.69, 9.17) is 28.0 Å². The van der Waals surface area contributed by atoms with Gasteiger partial charge in [-0.15, -0.1) is 0 Å². The number of carboxylic acid groups (broad SMARTS) is 2. The number of aromatic hydroxyl groups is 1. The van der Waals surface area contributed by atoms with E-state index >= 15 is 24.0 Å². The Morgan fingerprint density at radius 2 is 0.730 bits per heavy atom. The van der Waals surface area contributed by atoms with Crippen molar-refractivity contribution in [1.29, 1.82) is 10.8 Å². The molecule has 0 saturated heterocycles. The molecule has 39 heteroatoms. The summed E-state index contributed by atoms with van der Waals surface area (Å²) in [6, 6.07) is 17.2. The minimum absolute atomic E-state index is 0.00148. The highest BCUT2D eigenvalue weighted by Gasteiger charge is 2.40. The van der Waals surface area contributed by atoms with Gasteiger partial charge in [0.2, 0.25) is 70.9 Å². The molecule has 0 fully saturated rings. The summed E-state index contributed by atoms with van der Waals surface area (Å²) < 4.78 is 0. The van der Waals surface area contributed by atoms with Gasteiger partial charge in [0.1, 0.15) is 84.3 Å². The van der Waals surface area contributed by atoms with E-state index in [1.807, 2.05) is 0 Å². The lowest BCUT2D eigenvalue weighted by molar-refractivity contribution is -0.143. The fraction of sp³-hybridized carbons (Fsp3) is 0.448. The van der Waals surface area contributed by atoms with E-state index in [9.17, 15) is 68.7 Å². The highest BCUT2D eigenvalue weighted by molar-refractivity contribution is 6.01. The summed E-state index contributed by atoms with van der Waals surface area (Å²) in [5.41, 5.74) is 19.9. The lowest BCUT2D eigenvalue weighted by Crippen LogP contribution is -2.62. The molecule has 6 aromatic rings. The Morgan fingerprint density at radius 3 is 1.13 bits per heavy atom. The molecule has 0 bridgehead atoms. The molecule has 0 radical (unpaired) electrons. The fourth-order valence-corrected chi connectivity index (χ4v) is 13.6. The zero-order valence-electron chi connectivity index (χ0n) is 71.3. The number of nitrogens with two attached hydrogens (primary N) is 3. The highest BCUT2D eigenvalue weighted by atomic mass is 16.4. The number of phenols is 1. The van der Waals surface area contributed by atoms with Crippen LogP contribution in [-0.4, -0.2) is 230 Å². The molecule has 12 amide bonds. The van der Waals surface area contributed by atoms with Crippen LogP contribution < -0.4 is 91.6 Å². The second-order valence-electron chi connectivity index (χ2n) is 31.7. The number of aliphatic carboxylic acids is 2. The van der Waals surface area contributed by atoms with E-state index in [2.05, 4.69) is 79.4 Å². The van der Waals surface area contributed by atoms with Crippen LogP contribution in [0, 0.1) is 28.6 Å². The van der Waals surface area contributed by atoms with Crippen LogP contribution in [0.2, 0.25) is 0 Å². The van der Waals surface area contributed by atoms with Crippen molar-refractivity contribution < 1.29 is 92.7 Å². The second-order valence-corrected chi connectivity index (χ2v) is 31.7. The normalized spacial score (nSPS) is 14.5. The summed E-state index contributed by atoms with van der Waals surface area (Å²) >= 11 is 0. The van der Waals surface area contributed by atoms with Crippen LogP contribution in [0.3, 0.4) is 0 Å². The van der Waals surface area contributed by atoms with Gasteiger partial charge >= 0.3 is 11.9 Å². The van der Waals surface area contributed by atoms with Crippen LogP contribution in [0.5, 0.6) is 5.75 Å². The Balaban J connectivity index is 1.31. The van der Waals surface area contributed by atoms with Gasteiger partial charge < -0.3 is 122 Å². The molecule has 1 heterocycles. The minimum Gasteiger partial charge on any atom is -0.508 e. The second kappa shape index (κ2) is 51.5. The van der Waals surface area contributed by atoms with Gasteiger partial charge in [-0.2, -0.15) is 0 Å². The predicted molar refractivity (Wildman–Crippen MR) is 466 cm³/mol. The number of H-pyrrole nitrogens is 1. The lowest BCUT2D eigenvalue weighted by Gasteiger charge is -2.30. The summed E-state index contributed by atoms with van der Waals surface area (Å²) in [6.45, 7) is 8.59. The molecule has 126 heavy (non-hydrogen) atoms. The molecule has 682 valence electrons. The van der Waals surface area contributed by atoms with Crippen molar-refractivity contribution in [2.75, 3.05) is 26.3 Å². The van der Waals surface area contributed by atoms with Crippen molar-refractivity contribution in [3.05, 3.63) is 174 Å². The van der Waals surface area contributed by atoms with Crippen molar-refractivity contribution in [3.63, 3.8) is 0 Å². The molecular formula is C87H120N20O19. The van der Waals surface area contributed by atoms with Crippen molar-refractivity contribution in [2.24, 2.45) is 35.0 Å². The summed E-state index contributed by atoms with van der Waals surface area (Å²) in [5.74, 6) is -17.2. The first-order valence-electron chi connectivity index (χ1n) is 41.6. The van der Waals surface area contributed by atoms with E-state index in [0.717, 1.165) is 0 Å². The highest BCUT2D eigenvalue weighted by Crippen LogP contribution is 2.22. The van der Waals surface area contributed by atoms with Gasteiger partial charge in [-0.05, 0) is 102 Å². The van der Waals surface area contributed by atoms with E-state index in [1.165, 1.54) is 30.5 Å². The Morgan fingerprint density at radius 1 is 0.389 bits per heavy atom. The maximum Gasteiger partial charge on any atom is 0.326 e. The molecule has 6 rings (SSSR count). The monoisotopic (exact) mass is 1750 g/mol. The van der Waals surface area contributed by atoms with Crippen molar-refractivity contribution in [1.82, 2.24) is 79.4 Å². The summed E-state index contributed by atoms with van der Waals surface area (Å²) in [5, 5.41) is 103. The van der Waals surface area contributed by atoms with Crippen LogP contribution >= 0.6 is 0 Å². The molecule has 0 unspecified atom stereocenters. The number of aliphatic hydroxyl groups is 2. The first-order chi connectivity index (χ1) is 59.9. The third-order valence-electron chi connectivity index (χ3n) is 20.5. The van der Waals surface area contributed by atoms with E-state index in [-0.39, 0.29) is 107 Å². The number of aromatic nitrogens is 1. The van der Waals surface area contributed by atoms with Crippen LogP contribution in [0.1, 0.15) is 121 Å². The molecule has 5 aromatic carbocycles. The number of phenolic OH excluding ortho intramolecular Hbond substituents is 1. The zero-order valence-corrected chi connectivity index (χ0v) is 71.3. The number of aliphatic hydroxyl groups excluding tert-OH is 2. The predicted octanol–water partition coefficient (Wildman–Crippen LogP) is -1.26. The molecule has 39 nitrogen and oxygen atoms in total. The quantitative estimate of drug-likeness (QED) is 0.0120. The third kappa shape index (κ3) is 34.3. The summed E-state index contributed by atoms with van der Waals surface area (Å²) in [6.07, 6.45) is -1.14. The number of hydrogen-bond acceptors (Lipinski definition) is 20. The molecule has 0 aliphatic carbocycles.